The lowest BCUT2D eigenvalue weighted by atomic mass is 9.72. The van der Waals surface area contributed by atoms with Crippen molar-refractivity contribution in [3.8, 4) is 23.0 Å². The molecule has 3 aromatic carbocycles. The van der Waals surface area contributed by atoms with Crippen LogP contribution in [0.3, 0.4) is 0 Å². The molecule has 9 nitrogen and oxygen atoms in total. The normalized spacial score (nSPS) is 25.4. The molecule has 1 aliphatic carbocycles. The number of carbonyl (C=O) groups excluding carboxylic acids is 1. The lowest BCUT2D eigenvalue weighted by molar-refractivity contribution is -0.207. The molecular weight excluding hydrogens is 466 g/mol. The first kappa shape index (κ1) is 23.9. The lowest BCUT2D eigenvalue weighted by Crippen LogP contribution is -2.47. The van der Waals surface area contributed by atoms with Gasteiger partial charge in [0.25, 0.3) is 5.91 Å². The van der Waals surface area contributed by atoms with E-state index in [1.807, 2.05) is 18.2 Å². The Balaban J connectivity index is 1.87. The van der Waals surface area contributed by atoms with Gasteiger partial charge in [-0.15, -0.1) is 0 Å². The first-order chi connectivity index (χ1) is 17.3. The van der Waals surface area contributed by atoms with Crippen molar-refractivity contribution in [2.75, 3.05) is 21.3 Å². The summed E-state index contributed by atoms with van der Waals surface area (Å²) in [5.74, 6) is -5.63. The minimum absolute atomic E-state index is 0.0312. The molecule has 9 heteroatoms. The number of hydrogen-bond acceptors (Lipinski definition) is 8. The van der Waals surface area contributed by atoms with Crippen molar-refractivity contribution in [2.24, 2.45) is 5.92 Å². The van der Waals surface area contributed by atoms with E-state index < -0.39 is 35.0 Å². The molecule has 5 rings (SSSR count). The van der Waals surface area contributed by atoms with Crippen LogP contribution < -0.4 is 19.7 Å². The molecule has 1 saturated carbocycles. The molecule has 4 N–H and O–H groups in total. The molecule has 3 aromatic rings. The van der Waals surface area contributed by atoms with Crippen molar-refractivity contribution in [1.29, 1.82) is 0 Å². The standard InChI is InChI=1S/C27H27NO8/c1-33-18-13-19(34-2)21-20(14-18)36-26(16-9-11-17(29)12-10-16)22(15-7-5-4-6-8-15)23(25(30)28-35-3)27(31,32)24(21)26/h4-14,22-24,29,31-32H,1-3H3,(H,28,30). The van der Waals surface area contributed by atoms with Crippen molar-refractivity contribution in [3.63, 3.8) is 0 Å². The molecular formula is C27H27NO8. The summed E-state index contributed by atoms with van der Waals surface area (Å²) in [6.45, 7) is 0. The van der Waals surface area contributed by atoms with Crippen molar-refractivity contribution < 1.29 is 39.2 Å². The van der Waals surface area contributed by atoms with Gasteiger partial charge in [0.2, 0.25) is 0 Å². The monoisotopic (exact) mass is 493 g/mol. The molecule has 0 spiro atoms. The van der Waals surface area contributed by atoms with Gasteiger partial charge in [-0.05, 0) is 23.3 Å². The molecule has 4 unspecified atom stereocenters. The Morgan fingerprint density at radius 3 is 2.28 bits per heavy atom. The summed E-state index contributed by atoms with van der Waals surface area (Å²) >= 11 is 0. The van der Waals surface area contributed by atoms with Crippen LogP contribution in [0, 0.1) is 5.92 Å². The topological polar surface area (TPSA) is 127 Å². The van der Waals surface area contributed by atoms with E-state index in [4.69, 9.17) is 19.0 Å². The Kier molecular flexibility index (Phi) is 5.78. The van der Waals surface area contributed by atoms with E-state index in [-0.39, 0.29) is 5.75 Å². The molecule has 36 heavy (non-hydrogen) atoms. The highest BCUT2D eigenvalue weighted by molar-refractivity contribution is 5.82. The van der Waals surface area contributed by atoms with Crippen molar-refractivity contribution >= 4 is 5.91 Å². The lowest BCUT2D eigenvalue weighted by Gasteiger charge is -2.36. The summed E-state index contributed by atoms with van der Waals surface area (Å²) in [6, 6.07) is 18.6. The molecule has 0 bridgehead atoms. The molecule has 4 atom stereocenters. The number of phenolic OH excluding ortho intramolecular Hbond substituents is 1. The summed E-state index contributed by atoms with van der Waals surface area (Å²) in [4.78, 5) is 18.2. The number of benzene rings is 3. The predicted octanol–water partition coefficient (Wildman–Crippen LogP) is 2.55. The fourth-order valence-corrected chi connectivity index (χ4v) is 5.87. The van der Waals surface area contributed by atoms with Gasteiger partial charge in [-0.3, -0.25) is 9.63 Å². The van der Waals surface area contributed by atoms with Crippen LogP contribution in [0.2, 0.25) is 0 Å². The number of hydroxylamine groups is 1. The smallest absolute Gasteiger partial charge is 0.252 e. The van der Waals surface area contributed by atoms with Gasteiger partial charge in [0.05, 0.1) is 27.2 Å². The fourth-order valence-electron chi connectivity index (χ4n) is 5.87. The Labute approximate surface area is 207 Å². The number of carbonyl (C=O) groups is 1. The first-order valence-electron chi connectivity index (χ1n) is 11.4. The minimum Gasteiger partial charge on any atom is -0.508 e. The molecule has 1 amide bonds. The summed E-state index contributed by atoms with van der Waals surface area (Å²) in [6.07, 6.45) is 0. The molecule has 188 valence electrons. The molecule has 0 aromatic heterocycles. The van der Waals surface area contributed by atoms with Crippen LogP contribution in [-0.4, -0.2) is 48.3 Å². The number of hydrogen-bond donors (Lipinski definition) is 4. The highest BCUT2D eigenvalue weighted by Gasteiger charge is 2.75. The quantitative estimate of drug-likeness (QED) is 0.305. The van der Waals surface area contributed by atoms with Crippen molar-refractivity contribution in [3.05, 3.63) is 83.4 Å². The zero-order chi connectivity index (χ0) is 25.7. The van der Waals surface area contributed by atoms with E-state index in [0.717, 1.165) is 0 Å². The summed E-state index contributed by atoms with van der Waals surface area (Å²) in [5, 5.41) is 33.7. The number of aromatic hydroxyl groups is 1. The highest BCUT2D eigenvalue weighted by atomic mass is 16.6. The van der Waals surface area contributed by atoms with Crippen LogP contribution in [0.25, 0.3) is 0 Å². The van der Waals surface area contributed by atoms with E-state index in [9.17, 15) is 20.1 Å². The van der Waals surface area contributed by atoms with Crippen LogP contribution in [0.5, 0.6) is 23.0 Å². The summed E-state index contributed by atoms with van der Waals surface area (Å²) < 4.78 is 17.8. The van der Waals surface area contributed by atoms with E-state index in [0.29, 0.717) is 33.9 Å². The number of aliphatic hydroxyl groups is 2. The third-order valence-corrected chi connectivity index (χ3v) is 7.17. The molecule has 1 aliphatic heterocycles. The highest BCUT2D eigenvalue weighted by Crippen LogP contribution is 2.71. The van der Waals surface area contributed by atoms with Gasteiger partial charge in [0.15, 0.2) is 11.4 Å². The second-order valence-corrected chi connectivity index (χ2v) is 8.94. The van der Waals surface area contributed by atoms with Crippen LogP contribution in [0.1, 0.15) is 28.5 Å². The molecule has 0 saturated heterocycles. The number of methoxy groups -OCH3 is 2. The number of phenols is 1. The van der Waals surface area contributed by atoms with E-state index >= 15 is 0 Å². The molecule has 0 radical (unpaired) electrons. The van der Waals surface area contributed by atoms with E-state index in [2.05, 4.69) is 5.48 Å². The van der Waals surface area contributed by atoms with Gasteiger partial charge in [-0.1, -0.05) is 42.5 Å². The average Bonchev–Trinajstić information content (AvgIpc) is 3.33. The second kappa shape index (κ2) is 8.70. The van der Waals surface area contributed by atoms with Crippen LogP contribution in [0.15, 0.2) is 66.7 Å². The maximum absolute atomic E-state index is 13.4. The Morgan fingerprint density at radius 1 is 0.972 bits per heavy atom. The van der Waals surface area contributed by atoms with Gasteiger partial charge in [0, 0.05) is 23.6 Å². The van der Waals surface area contributed by atoms with Gasteiger partial charge in [0.1, 0.15) is 28.9 Å². The first-order valence-corrected chi connectivity index (χ1v) is 11.4. The zero-order valence-electron chi connectivity index (χ0n) is 20.0. The maximum atomic E-state index is 13.4. The van der Waals surface area contributed by atoms with E-state index in [1.54, 1.807) is 36.4 Å². The molecule has 1 fully saturated rings. The largest absolute Gasteiger partial charge is 0.508 e. The van der Waals surface area contributed by atoms with Crippen molar-refractivity contribution in [2.45, 2.75) is 23.2 Å². The van der Waals surface area contributed by atoms with Gasteiger partial charge >= 0.3 is 0 Å². The number of rotatable bonds is 6. The summed E-state index contributed by atoms with van der Waals surface area (Å²) in [5.41, 5.74) is 2.38. The van der Waals surface area contributed by atoms with Crippen LogP contribution in [-0.2, 0) is 15.2 Å². The molecule has 1 heterocycles. The van der Waals surface area contributed by atoms with Gasteiger partial charge < -0.3 is 29.5 Å². The van der Waals surface area contributed by atoms with Crippen molar-refractivity contribution in [1.82, 2.24) is 5.48 Å². The number of nitrogens with one attached hydrogen (secondary N) is 1. The Morgan fingerprint density at radius 2 is 1.67 bits per heavy atom. The summed E-state index contributed by atoms with van der Waals surface area (Å²) in [7, 11) is 4.25. The van der Waals surface area contributed by atoms with Gasteiger partial charge in [-0.25, -0.2) is 5.48 Å². The van der Waals surface area contributed by atoms with E-state index in [1.165, 1.54) is 33.5 Å². The number of ether oxygens (including phenoxy) is 3. The zero-order valence-corrected chi connectivity index (χ0v) is 20.0. The Hall–Kier alpha value is -3.79. The third kappa shape index (κ3) is 3.31. The minimum atomic E-state index is -2.60. The SMILES string of the molecule is CONC(=O)C1C(c2ccccc2)C2(c3ccc(O)cc3)Oc3cc(OC)cc(OC)c3C2C1(O)O. The number of fused-ring (bicyclic) bond motifs is 3. The third-order valence-electron chi connectivity index (χ3n) is 7.17. The van der Waals surface area contributed by atoms with Crippen LogP contribution >= 0.6 is 0 Å². The predicted molar refractivity (Wildman–Crippen MR) is 128 cm³/mol. The number of amides is 1. The van der Waals surface area contributed by atoms with Crippen LogP contribution in [0.4, 0.5) is 0 Å². The van der Waals surface area contributed by atoms with Gasteiger partial charge in [-0.2, -0.15) is 0 Å². The average molecular weight is 494 g/mol. The second-order valence-electron chi connectivity index (χ2n) is 8.94. The maximum Gasteiger partial charge on any atom is 0.252 e. The molecule has 2 aliphatic rings. The fraction of sp³-hybridized carbons (Fsp3) is 0.296. The Bertz CT molecular complexity index is 1280.